The van der Waals surface area contributed by atoms with Crippen molar-refractivity contribution in [3.63, 3.8) is 0 Å². The Kier molecular flexibility index (Phi) is 4.31. The van der Waals surface area contributed by atoms with E-state index in [0.29, 0.717) is 28.5 Å². The number of carbonyl (C=O) groups excluding carboxylic acids is 1. The summed E-state index contributed by atoms with van der Waals surface area (Å²) in [5.41, 5.74) is 9.58. The van der Waals surface area contributed by atoms with Gasteiger partial charge < -0.3 is 15.5 Å². The molecule has 0 radical (unpaired) electrons. The number of carbonyl (C=O) groups is 1. The highest BCUT2D eigenvalue weighted by atomic mass is 19.1. The van der Waals surface area contributed by atoms with E-state index in [2.05, 4.69) is 9.97 Å². The second-order valence-corrected chi connectivity index (χ2v) is 6.67. The molecule has 0 saturated carbocycles. The molecule has 0 bridgehead atoms. The Morgan fingerprint density at radius 2 is 1.86 bits per heavy atom. The fraction of sp³-hybridized carbons (Fsp3) is 0.0909. The molecule has 1 heterocycles. The number of primary amides is 1. The van der Waals surface area contributed by atoms with Crippen molar-refractivity contribution in [1.29, 1.82) is 0 Å². The number of nitrogens with zero attached hydrogens (tertiary/aromatic N) is 1. The van der Waals surface area contributed by atoms with E-state index in [-0.39, 0.29) is 5.82 Å². The van der Waals surface area contributed by atoms with Gasteiger partial charge in [0.05, 0.1) is 11.0 Å². The van der Waals surface area contributed by atoms with Crippen molar-refractivity contribution in [3.05, 3.63) is 77.1 Å². The lowest BCUT2D eigenvalue weighted by Gasteiger charge is -2.10. The Morgan fingerprint density at radius 1 is 1.04 bits per heavy atom. The monoisotopic (exact) mass is 375 g/mol. The second-order valence-electron chi connectivity index (χ2n) is 6.67. The van der Waals surface area contributed by atoms with Crippen molar-refractivity contribution in [2.24, 2.45) is 5.73 Å². The minimum absolute atomic E-state index is 0.260. The van der Waals surface area contributed by atoms with Gasteiger partial charge in [0, 0.05) is 11.1 Å². The molecule has 4 rings (SSSR count). The molecule has 0 atom stereocenters. The lowest BCUT2D eigenvalue weighted by Crippen LogP contribution is -2.10. The molecule has 140 valence electrons. The number of hydrogen-bond acceptors (Lipinski definition) is 3. The molecular weight excluding hydrogens is 357 g/mol. The first-order chi connectivity index (χ1) is 13.4. The van der Waals surface area contributed by atoms with E-state index in [0.717, 1.165) is 22.2 Å². The van der Waals surface area contributed by atoms with Crippen LogP contribution in [0.5, 0.6) is 11.5 Å². The third-order valence-electron chi connectivity index (χ3n) is 4.57. The zero-order valence-electron chi connectivity index (χ0n) is 15.4. The average molecular weight is 375 g/mol. The molecule has 3 aromatic carbocycles. The van der Waals surface area contributed by atoms with Crippen molar-refractivity contribution in [2.45, 2.75) is 13.8 Å². The van der Waals surface area contributed by atoms with Crippen molar-refractivity contribution in [3.8, 4) is 22.9 Å². The largest absolute Gasteiger partial charge is 0.457 e. The summed E-state index contributed by atoms with van der Waals surface area (Å²) in [5, 5.41) is 0. The summed E-state index contributed by atoms with van der Waals surface area (Å²) in [6.45, 7) is 3.63. The van der Waals surface area contributed by atoms with Gasteiger partial charge in [0.1, 0.15) is 23.1 Å². The van der Waals surface area contributed by atoms with Crippen LogP contribution >= 0.6 is 0 Å². The number of imidazole rings is 1. The lowest BCUT2D eigenvalue weighted by molar-refractivity contribution is 0.100. The van der Waals surface area contributed by atoms with Crippen LogP contribution in [0.3, 0.4) is 0 Å². The molecule has 5 nitrogen and oxygen atoms in total. The van der Waals surface area contributed by atoms with Crippen molar-refractivity contribution >= 4 is 16.9 Å². The maximum atomic E-state index is 13.4. The topological polar surface area (TPSA) is 81.0 Å². The first-order valence-electron chi connectivity index (χ1n) is 8.75. The Balaban J connectivity index is 1.64. The third-order valence-corrected chi connectivity index (χ3v) is 4.57. The summed E-state index contributed by atoms with van der Waals surface area (Å²) in [4.78, 5) is 19.1. The SMILES string of the molecule is Cc1cc(Oc2ccc(-c3nc4ccc(C(N)=O)cc4[nH]3)cc2C)ccc1F. The molecule has 1 aromatic heterocycles. The molecule has 0 aliphatic carbocycles. The van der Waals surface area contributed by atoms with Crippen LogP contribution in [-0.2, 0) is 0 Å². The van der Waals surface area contributed by atoms with Gasteiger partial charge >= 0.3 is 0 Å². The molecule has 0 aliphatic rings. The number of amides is 1. The standard InChI is InChI=1S/C22H18FN3O2/c1-12-10-16(5-6-17(12)23)28-20-8-4-15(9-13(20)2)22-25-18-7-3-14(21(24)27)11-19(18)26-22/h3-11H,1-2H3,(H2,24,27)(H,25,26). The molecule has 0 unspecified atom stereocenters. The highest BCUT2D eigenvalue weighted by Gasteiger charge is 2.10. The smallest absolute Gasteiger partial charge is 0.248 e. The van der Waals surface area contributed by atoms with Crippen LogP contribution in [0.15, 0.2) is 54.6 Å². The van der Waals surface area contributed by atoms with E-state index >= 15 is 0 Å². The number of fused-ring (bicyclic) bond motifs is 1. The van der Waals surface area contributed by atoms with Gasteiger partial charge in [0.2, 0.25) is 5.91 Å². The summed E-state index contributed by atoms with van der Waals surface area (Å²) in [7, 11) is 0. The number of aromatic nitrogens is 2. The van der Waals surface area contributed by atoms with Gasteiger partial charge in [-0.2, -0.15) is 0 Å². The van der Waals surface area contributed by atoms with Crippen LogP contribution in [0, 0.1) is 19.7 Å². The maximum Gasteiger partial charge on any atom is 0.248 e. The van der Waals surface area contributed by atoms with Crippen LogP contribution < -0.4 is 10.5 Å². The van der Waals surface area contributed by atoms with E-state index in [1.54, 1.807) is 37.3 Å². The minimum atomic E-state index is -0.480. The zero-order valence-corrected chi connectivity index (χ0v) is 15.4. The third kappa shape index (κ3) is 3.32. The van der Waals surface area contributed by atoms with E-state index < -0.39 is 5.91 Å². The molecule has 0 aliphatic heterocycles. The number of ether oxygens (including phenoxy) is 1. The molecule has 6 heteroatoms. The van der Waals surface area contributed by atoms with E-state index in [1.165, 1.54) is 6.07 Å². The van der Waals surface area contributed by atoms with Crippen LogP contribution in [0.2, 0.25) is 0 Å². The van der Waals surface area contributed by atoms with Crippen molar-refractivity contribution in [2.75, 3.05) is 0 Å². The van der Waals surface area contributed by atoms with Gasteiger partial charge in [0.15, 0.2) is 0 Å². The first kappa shape index (κ1) is 17.7. The van der Waals surface area contributed by atoms with Crippen molar-refractivity contribution < 1.29 is 13.9 Å². The highest BCUT2D eigenvalue weighted by molar-refractivity contribution is 5.96. The Morgan fingerprint density at radius 3 is 2.57 bits per heavy atom. The highest BCUT2D eigenvalue weighted by Crippen LogP contribution is 2.30. The van der Waals surface area contributed by atoms with E-state index in [4.69, 9.17) is 10.5 Å². The summed E-state index contributed by atoms with van der Waals surface area (Å²) >= 11 is 0. The van der Waals surface area contributed by atoms with Crippen LogP contribution in [0.25, 0.3) is 22.4 Å². The average Bonchev–Trinajstić information content (AvgIpc) is 3.09. The van der Waals surface area contributed by atoms with E-state index in [9.17, 15) is 9.18 Å². The number of aromatic amines is 1. The molecule has 28 heavy (non-hydrogen) atoms. The van der Waals surface area contributed by atoms with Crippen molar-refractivity contribution in [1.82, 2.24) is 9.97 Å². The predicted molar refractivity (Wildman–Crippen MR) is 106 cm³/mol. The number of halogens is 1. The number of nitrogens with one attached hydrogen (secondary N) is 1. The Hall–Kier alpha value is -3.67. The number of rotatable bonds is 4. The van der Waals surface area contributed by atoms with Crippen LogP contribution in [-0.4, -0.2) is 15.9 Å². The van der Waals surface area contributed by atoms with Gasteiger partial charge in [-0.1, -0.05) is 0 Å². The number of benzene rings is 3. The Labute approximate surface area is 161 Å². The van der Waals surface area contributed by atoms with Gasteiger partial charge in [-0.05, 0) is 79.6 Å². The molecular formula is C22H18FN3O2. The molecule has 0 fully saturated rings. The molecule has 3 N–H and O–H groups in total. The second kappa shape index (κ2) is 6.81. The molecule has 4 aromatic rings. The number of aryl methyl sites for hydroxylation is 2. The van der Waals surface area contributed by atoms with Crippen LogP contribution in [0.4, 0.5) is 4.39 Å². The van der Waals surface area contributed by atoms with Gasteiger partial charge in [-0.25, -0.2) is 9.37 Å². The maximum absolute atomic E-state index is 13.4. The normalized spacial score (nSPS) is 11.0. The number of nitrogens with two attached hydrogens (primary N) is 1. The molecule has 1 amide bonds. The van der Waals surface area contributed by atoms with Crippen LogP contribution in [0.1, 0.15) is 21.5 Å². The Bertz CT molecular complexity index is 1210. The van der Waals surface area contributed by atoms with Gasteiger partial charge in [-0.15, -0.1) is 0 Å². The summed E-state index contributed by atoms with van der Waals surface area (Å²) in [5.74, 6) is 1.21. The van der Waals surface area contributed by atoms with Gasteiger partial charge in [0.25, 0.3) is 0 Å². The summed E-state index contributed by atoms with van der Waals surface area (Å²) in [6, 6.07) is 15.5. The first-order valence-corrected chi connectivity index (χ1v) is 8.75. The summed E-state index contributed by atoms with van der Waals surface area (Å²) < 4.78 is 19.3. The lowest BCUT2D eigenvalue weighted by atomic mass is 10.1. The number of H-pyrrole nitrogens is 1. The minimum Gasteiger partial charge on any atom is -0.457 e. The quantitative estimate of drug-likeness (QED) is 0.533. The predicted octanol–water partition coefficient (Wildman–Crippen LogP) is 4.88. The molecule has 0 spiro atoms. The molecule has 0 saturated heterocycles. The number of hydrogen-bond donors (Lipinski definition) is 2. The van der Waals surface area contributed by atoms with Gasteiger partial charge in [-0.3, -0.25) is 4.79 Å². The summed E-state index contributed by atoms with van der Waals surface area (Å²) in [6.07, 6.45) is 0. The van der Waals surface area contributed by atoms with E-state index in [1.807, 2.05) is 25.1 Å². The fourth-order valence-electron chi connectivity index (χ4n) is 3.02. The zero-order chi connectivity index (χ0) is 19.8. The fourth-order valence-corrected chi connectivity index (χ4v) is 3.02.